The molecule has 0 aliphatic rings. The fourth-order valence-electron chi connectivity index (χ4n) is 3.03. The van der Waals surface area contributed by atoms with Crippen LogP contribution in [0.1, 0.15) is 16.8 Å². The summed E-state index contributed by atoms with van der Waals surface area (Å²) < 4.78 is 0. The number of nitro groups is 1. The molecule has 2 N–H and O–H groups in total. The number of nitrogens with zero attached hydrogens (tertiary/aromatic N) is 3. The van der Waals surface area contributed by atoms with E-state index >= 15 is 0 Å². The smallest absolute Gasteiger partial charge is 0.311 e. The number of hydrogen-bond donors (Lipinski definition) is 1. The average Bonchev–Trinajstić information content (AvgIpc) is 2.74. The Labute approximate surface area is 162 Å². The molecule has 3 aromatic rings. The molecule has 0 spiro atoms. The van der Waals surface area contributed by atoms with Crippen molar-refractivity contribution in [3.8, 4) is 11.1 Å². The Morgan fingerprint density at radius 3 is 2.50 bits per heavy atom. The number of carbonyl (C=O) groups excluding carboxylic acids is 1. The molecule has 28 heavy (non-hydrogen) atoms. The Kier molecular flexibility index (Phi) is 6.08. The molecule has 0 fully saturated rings. The first kappa shape index (κ1) is 19.2. The van der Waals surface area contributed by atoms with Crippen LogP contribution in [0, 0.1) is 10.1 Å². The van der Waals surface area contributed by atoms with Crippen LogP contribution in [0.3, 0.4) is 0 Å². The van der Waals surface area contributed by atoms with Crippen molar-refractivity contribution >= 4 is 23.5 Å². The van der Waals surface area contributed by atoms with Crippen LogP contribution in [0.5, 0.6) is 0 Å². The molecule has 142 valence electrons. The van der Waals surface area contributed by atoms with Gasteiger partial charge in [0.15, 0.2) is 6.29 Å². The second-order valence-corrected chi connectivity index (χ2v) is 6.15. The quantitative estimate of drug-likeness (QED) is 0.363. The van der Waals surface area contributed by atoms with Crippen molar-refractivity contribution in [3.05, 3.63) is 82.5 Å². The summed E-state index contributed by atoms with van der Waals surface area (Å²) >= 11 is 0. The van der Waals surface area contributed by atoms with Crippen LogP contribution in [-0.2, 0) is 0 Å². The number of aldehydes is 1. The monoisotopic (exact) mass is 376 g/mol. The van der Waals surface area contributed by atoms with Gasteiger partial charge in [0, 0.05) is 30.1 Å². The molecule has 0 saturated heterocycles. The summed E-state index contributed by atoms with van der Waals surface area (Å²) in [6.45, 7) is 0.959. The van der Waals surface area contributed by atoms with Crippen molar-refractivity contribution in [2.45, 2.75) is 6.42 Å². The van der Waals surface area contributed by atoms with Crippen molar-refractivity contribution < 1.29 is 9.72 Å². The van der Waals surface area contributed by atoms with Crippen molar-refractivity contribution in [1.82, 2.24) is 4.98 Å². The fourth-order valence-corrected chi connectivity index (χ4v) is 3.03. The Hall–Kier alpha value is -3.58. The van der Waals surface area contributed by atoms with E-state index in [1.165, 1.54) is 12.3 Å². The molecule has 0 saturated carbocycles. The highest BCUT2D eigenvalue weighted by Crippen LogP contribution is 2.33. The lowest BCUT2D eigenvalue weighted by molar-refractivity contribution is -0.384. The third kappa shape index (κ3) is 4.05. The lowest BCUT2D eigenvalue weighted by atomic mass is 10.00. The number of benzene rings is 2. The van der Waals surface area contributed by atoms with Gasteiger partial charge >= 0.3 is 5.69 Å². The first-order chi connectivity index (χ1) is 13.7. The molecule has 0 atom stereocenters. The highest BCUT2D eigenvalue weighted by molar-refractivity contribution is 5.87. The van der Waals surface area contributed by atoms with Gasteiger partial charge in [-0.25, -0.2) is 4.98 Å². The van der Waals surface area contributed by atoms with Gasteiger partial charge in [0.2, 0.25) is 5.82 Å². The minimum atomic E-state index is -0.438. The zero-order valence-corrected chi connectivity index (χ0v) is 15.2. The van der Waals surface area contributed by atoms with E-state index in [1.807, 2.05) is 42.5 Å². The molecular weight excluding hydrogens is 356 g/mol. The molecule has 0 aliphatic carbocycles. The van der Waals surface area contributed by atoms with Crippen LogP contribution in [0.4, 0.5) is 17.2 Å². The zero-order chi connectivity index (χ0) is 19.9. The predicted octanol–water partition coefficient (Wildman–Crippen LogP) is 3.96. The molecule has 0 bridgehead atoms. The number of carbonyl (C=O) groups is 1. The highest BCUT2D eigenvalue weighted by atomic mass is 16.6. The lowest BCUT2D eigenvalue weighted by Crippen LogP contribution is -2.22. The summed E-state index contributed by atoms with van der Waals surface area (Å²) in [5.41, 5.74) is 8.69. The van der Waals surface area contributed by atoms with Gasteiger partial charge in [0.1, 0.15) is 0 Å². The van der Waals surface area contributed by atoms with E-state index in [0.717, 1.165) is 23.1 Å². The van der Waals surface area contributed by atoms with E-state index in [2.05, 4.69) is 4.98 Å². The van der Waals surface area contributed by atoms with Crippen LogP contribution in [0.25, 0.3) is 11.1 Å². The third-order valence-electron chi connectivity index (χ3n) is 4.38. The van der Waals surface area contributed by atoms with Gasteiger partial charge in [-0.3, -0.25) is 14.9 Å². The van der Waals surface area contributed by atoms with Gasteiger partial charge in [-0.05, 0) is 42.3 Å². The summed E-state index contributed by atoms with van der Waals surface area (Å²) in [4.78, 5) is 28.3. The zero-order valence-electron chi connectivity index (χ0n) is 15.2. The SMILES string of the molecule is NCCCN(c1ccc(-c2ccccc2C=O)cc1)c1ncccc1[N+](=O)[O-]. The van der Waals surface area contributed by atoms with E-state index in [9.17, 15) is 14.9 Å². The average molecular weight is 376 g/mol. The topological polar surface area (TPSA) is 102 Å². The number of pyridine rings is 1. The van der Waals surface area contributed by atoms with Crippen molar-refractivity contribution in [2.24, 2.45) is 5.73 Å². The second kappa shape index (κ2) is 8.88. The molecule has 0 unspecified atom stereocenters. The van der Waals surface area contributed by atoms with Gasteiger partial charge in [-0.15, -0.1) is 0 Å². The first-order valence-electron chi connectivity index (χ1n) is 8.87. The van der Waals surface area contributed by atoms with E-state index in [4.69, 9.17) is 5.73 Å². The maximum atomic E-state index is 11.4. The molecule has 7 heteroatoms. The van der Waals surface area contributed by atoms with Crippen LogP contribution in [-0.4, -0.2) is 29.3 Å². The van der Waals surface area contributed by atoms with Gasteiger partial charge < -0.3 is 10.6 Å². The molecule has 0 amide bonds. The fraction of sp³-hybridized carbons (Fsp3) is 0.143. The minimum Gasteiger partial charge on any atom is -0.330 e. The van der Waals surface area contributed by atoms with Crippen LogP contribution in [0.15, 0.2) is 66.9 Å². The van der Waals surface area contributed by atoms with E-state index in [1.54, 1.807) is 17.0 Å². The molecular formula is C21H20N4O3. The highest BCUT2D eigenvalue weighted by Gasteiger charge is 2.21. The molecule has 3 rings (SSSR count). The Bertz CT molecular complexity index is 973. The van der Waals surface area contributed by atoms with Gasteiger partial charge in [0.05, 0.1) is 4.92 Å². The minimum absolute atomic E-state index is 0.0603. The van der Waals surface area contributed by atoms with E-state index < -0.39 is 4.92 Å². The Balaban J connectivity index is 2.00. The summed E-state index contributed by atoms with van der Waals surface area (Å²) in [6.07, 6.45) is 3.02. The van der Waals surface area contributed by atoms with Crippen LogP contribution < -0.4 is 10.6 Å². The number of aromatic nitrogens is 1. The molecule has 0 radical (unpaired) electrons. The van der Waals surface area contributed by atoms with Crippen LogP contribution >= 0.6 is 0 Å². The van der Waals surface area contributed by atoms with Gasteiger partial charge in [0.25, 0.3) is 0 Å². The normalized spacial score (nSPS) is 10.5. The largest absolute Gasteiger partial charge is 0.330 e. The maximum absolute atomic E-state index is 11.4. The summed E-state index contributed by atoms with van der Waals surface area (Å²) in [5, 5.41) is 11.4. The number of nitrogens with two attached hydrogens (primary N) is 1. The molecule has 0 aliphatic heterocycles. The van der Waals surface area contributed by atoms with Gasteiger partial charge in [-0.1, -0.05) is 36.4 Å². The van der Waals surface area contributed by atoms with Crippen molar-refractivity contribution in [1.29, 1.82) is 0 Å². The second-order valence-electron chi connectivity index (χ2n) is 6.15. The van der Waals surface area contributed by atoms with E-state index in [0.29, 0.717) is 25.1 Å². The number of anilines is 2. The number of hydrogen-bond acceptors (Lipinski definition) is 6. The summed E-state index contributed by atoms with van der Waals surface area (Å²) in [6, 6.07) is 17.8. The van der Waals surface area contributed by atoms with Crippen molar-refractivity contribution in [2.75, 3.05) is 18.0 Å². The first-order valence-corrected chi connectivity index (χ1v) is 8.87. The Morgan fingerprint density at radius 2 is 1.82 bits per heavy atom. The van der Waals surface area contributed by atoms with Crippen molar-refractivity contribution in [3.63, 3.8) is 0 Å². The molecule has 2 aromatic carbocycles. The maximum Gasteiger partial charge on any atom is 0.311 e. The van der Waals surface area contributed by atoms with Crippen LogP contribution in [0.2, 0.25) is 0 Å². The summed E-state index contributed by atoms with van der Waals surface area (Å²) in [7, 11) is 0. The summed E-state index contributed by atoms with van der Waals surface area (Å²) in [5.74, 6) is 0.280. The number of rotatable bonds is 8. The predicted molar refractivity (Wildman–Crippen MR) is 109 cm³/mol. The lowest BCUT2D eigenvalue weighted by Gasteiger charge is -2.23. The Morgan fingerprint density at radius 1 is 1.07 bits per heavy atom. The van der Waals surface area contributed by atoms with E-state index in [-0.39, 0.29) is 11.5 Å². The molecule has 7 nitrogen and oxygen atoms in total. The molecule has 1 aromatic heterocycles. The van der Waals surface area contributed by atoms with Gasteiger partial charge in [-0.2, -0.15) is 0 Å². The third-order valence-corrected chi connectivity index (χ3v) is 4.38. The molecule has 1 heterocycles. The standard InChI is InChI=1S/C21H20N4O3/c22-12-4-14-24(21-20(25(27)28)7-3-13-23-21)18-10-8-16(9-11-18)19-6-2-1-5-17(19)15-26/h1-3,5-11,13,15H,4,12,14,22H2.